The molecule has 0 spiro atoms. The molecule has 2 amide bonds. The summed E-state index contributed by atoms with van der Waals surface area (Å²) in [5, 5.41) is 0.307. The van der Waals surface area contributed by atoms with E-state index in [1.807, 2.05) is 41.4 Å². The minimum absolute atomic E-state index is 0.234. The second-order valence-electron chi connectivity index (χ2n) is 9.01. The van der Waals surface area contributed by atoms with Gasteiger partial charge >= 0.3 is 0 Å². The van der Waals surface area contributed by atoms with Gasteiger partial charge < -0.3 is 9.64 Å². The number of carbonyl (C=O) groups is 3. The maximum absolute atomic E-state index is 14.0. The van der Waals surface area contributed by atoms with Gasteiger partial charge in [-0.3, -0.25) is 14.4 Å². The molecule has 2 saturated heterocycles. The second kappa shape index (κ2) is 8.61. The number of halogens is 2. The molecule has 0 radical (unpaired) electrons. The molecule has 8 heteroatoms. The molecule has 4 atom stereocenters. The first-order valence-corrected chi connectivity index (χ1v) is 12.6. The molecule has 36 heavy (non-hydrogen) atoms. The van der Waals surface area contributed by atoms with E-state index in [-0.39, 0.29) is 11.7 Å². The van der Waals surface area contributed by atoms with Crippen LogP contribution >= 0.6 is 27.5 Å². The highest BCUT2D eigenvalue weighted by Gasteiger charge is 2.64. The highest BCUT2D eigenvalue weighted by Crippen LogP contribution is 2.54. The minimum atomic E-state index is -0.858. The van der Waals surface area contributed by atoms with Crippen LogP contribution in [0.25, 0.3) is 6.08 Å². The number of hydrogen-bond donors (Lipinski definition) is 0. The standard InChI is InChI=1S/C28H20BrClN2O4/c1-36-21-11-10-16(14-18(21)29)26(33)25-23-22(24-17-7-3-2-6-15(17)12-13-31(24)25)27(34)32(28(23)35)20-9-5-4-8-19(20)30/h2-14,22-25H,1H3/t22-,23+,24-,25-/m0/s1. The molecular formula is C28H20BrClN2O4. The molecule has 3 aromatic carbocycles. The van der Waals surface area contributed by atoms with Crippen LogP contribution < -0.4 is 9.64 Å². The molecule has 180 valence electrons. The Morgan fingerprint density at radius 2 is 1.69 bits per heavy atom. The number of nitrogens with zero attached hydrogens (tertiary/aromatic N) is 2. The molecule has 3 heterocycles. The largest absolute Gasteiger partial charge is 0.496 e. The highest BCUT2D eigenvalue weighted by atomic mass is 79.9. The molecule has 6 nitrogen and oxygen atoms in total. The van der Waals surface area contributed by atoms with Crippen LogP contribution in [-0.4, -0.2) is 35.6 Å². The van der Waals surface area contributed by atoms with E-state index in [0.717, 1.165) is 11.1 Å². The molecule has 0 aliphatic carbocycles. The van der Waals surface area contributed by atoms with Crippen LogP contribution in [0, 0.1) is 11.8 Å². The van der Waals surface area contributed by atoms with Crippen LogP contribution in [0.2, 0.25) is 5.02 Å². The van der Waals surface area contributed by atoms with Gasteiger partial charge in [-0.05, 0) is 63.5 Å². The van der Waals surface area contributed by atoms with Gasteiger partial charge in [0.2, 0.25) is 11.8 Å². The lowest BCUT2D eigenvalue weighted by Gasteiger charge is -2.35. The van der Waals surface area contributed by atoms with Gasteiger partial charge in [0, 0.05) is 11.8 Å². The van der Waals surface area contributed by atoms with E-state index < -0.39 is 29.8 Å². The molecule has 0 N–H and O–H groups in total. The van der Waals surface area contributed by atoms with Crippen molar-refractivity contribution in [3.05, 3.63) is 99.1 Å². The van der Waals surface area contributed by atoms with Crippen molar-refractivity contribution < 1.29 is 19.1 Å². The highest BCUT2D eigenvalue weighted by molar-refractivity contribution is 9.10. The zero-order valence-corrected chi connectivity index (χ0v) is 21.4. The van der Waals surface area contributed by atoms with Crippen molar-refractivity contribution in [2.75, 3.05) is 12.0 Å². The van der Waals surface area contributed by atoms with Crippen molar-refractivity contribution in [1.29, 1.82) is 0 Å². The van der Waals surface area contributed by atoms with Gasteiger partial charge in [0.25, 0.3) is 0 Å². The van der Waals surface area contributed by atoms with Crippen molar-refractivity contribution in [2.45, 2.75) is 12.1 Å². The van der Waals surface area contributed by atoms with E-state index in [4.69, 9.17) is 16.3 Å². The van der Waals surface area contributed by atoms with Gasteiger partial charge in [-0.1, -0.05) is 48.0 Å². The number of ketones is 1. The van der Waals surface area contributed by atoms with Crippen molar-refractivity contribution in [1.82, 2.24) is 4.90 Å². The average molecular weight is 564 g/mol. The lowest BCUT2D eigenvalue weighted by molar-refractivity contribution is -0.123. The fraction of sp³-hybridized carbons (Fsp3) is 0.179. The summed E-state index contributed by atoms with van der Waals surface area (Å²) in [6.45, 7) is 0. The fourth-order valence-corrected chi connectivity index (χ4v) is 6.48. The van der Waals surface area contributed by atoms with Crippen molar-refractivity contribution in [3.63, 3.8) is 0 Å². The normalized spacial score (nSPS) is 24.0. The lowest BCUT2D eigenvalue weighted by Crippen LogP contribution is -2.44. The summed E-state index contributed by atoms with van der Waals surface area (Å²) in [5.41, 5.74) is 2.65. The summed E-state index contributed by atoms with van der Waals surface area (Å²) in [6.07, 6.45) is 3.77. The Morgan fingerprint density at radius 1 is 0.972 bits per heavy atom. The van der Waals surface area contributed by atoms with E-state index in [2.05, 4.69) is 15.9 Å². The number of Topliss-reactive ketones (excluding diaryl/α,β-unsaturated/α-hetero) is 1. The molecule has 3 aliphatic rings. The summed E-state index contributed by atoms with van der Waals surface area (Å²) in [6, 6.07) is 18.3. The topological polar surface area (TPSA) is 66.9 Å². The maximum Gasteiger partial charge on any atom is 0.240 e. The SMILES string of the molecule is COc1ccc(C(=O)[C@@H]2[C@@H]3C(=O)N(c4ccccc4Cl)C(=O)[C@@H]3[C@@H]3c4ccccc4C=CN23)cc1Br. The monoisotopic (exact) mass is 562 g/mol. The number of rotatable bonds is 4. The van der Waals surface area contributed by atoms with Crippen LogP contribution in [0.15, 0.2) is 77.4 Å². The first-order chi connectivity index (χ1) is 17.4. The number of methoxy groups -OCH3 is 1. The summed E-state index contributed by atoms with van der Waals surface area (Å²) >= 11 is 9.85. The lowest BCUT2D eigenvalue weighted by atomic mass is 9.83. The molecule has 2 fully saturated rings. The van der Waals surface area contributed by atoms with Gasteiger partial charge in [-0.15, -0.1) is 0 Å². The van der Waals surface area contributed by atoms with E-state index >= 15 is 0 Å². The smallest absolute Gasteiger partial charge is 0.240 e. The molecule has 0 aromatic heterocycles. The van der Waals surface area contributed by atoms with Gasteiger partial charge in [0.1, 0.15) is 11.8 Å². The molecule has 0 saturated carbocycles. The Bertz CT molecular complexity index is 1470. The Balaban J connectivity index is 1.50. The van der Waals surface area contributed by atoms with E-state index in [0.29, 0.717) is 26.5 Å². The Kier molecular flexibility index (Phi) is 5.50. The van der Waals surface area contributed by atoms with Gasteiger partial charge in [-0.2, -0.15) is 0 Å². The fourth-order valence-electron chi connectivity index (χ4n) is 5.72. The number of amides is 2. The van der Waals surface area contributed by atoms with Crippen LogP contribution in [0.3, 0.4) is 0 Å². The van der Waals surface area contributed by atoms with Gasteiger partial charge in [0.05, 0.1) is 40.2 Å². The van der Waals surface area contributed by atoms with Crippen LogP contribution in [0.4, 0.5) is 5.69 Å². The third kappa shape index (κ3) is 3.26. The summed E-state index contributed by atoms with van der Waals surface area (Å²) < 4.78 is 5.94. The van der Waals surface area contributed by atoms with Crippen molar-refractivity contribution in [3.8, 4) is 5.75 Å². The number of hydrogen-bond acceptors (Lipinski definition) is 5. The number of fused-ring (bicyclic) bond motifs is 5. The van der Waals surface area contributed by atoms with Gasteiger partial charge in [-0.25, -0.2) is 4.90 Å². The van der Waals surface area contributed by atoms with Gasteiger partial charge in [0.15, 0.2) is 5.78 Å². The third-order valence-corrected chi connectivity index (χ3v) is 8.20. The number of imide groups is 1. The molecule has 0 bridgehead atoms. The van der Waals surface area contributed by atoms with Crippen molar-refractivity contribution in [2.24, 2.45) is 11.8 Å². The molecule has 3 aliphatic heterocycles. The zero-order chi connectivity index (χ0) is 25.1. The number of anilines is 1. The first kappa shape index (κ1) is 23.0. The van der Waals surface area contributed by atoms with Crippen LogP contribution in [0.1, 0.15) is 27.5 Å². The third-order valence-electron chi connectivity index (χ3n) is 7.26. The Labute approximate surface area is 221 Å². The maximum atomic E-state index is 14.0. The quantitative estimate of drug-likeness (QED) is 0.309. The first-order valence-electron chi connectivity index (χ1n) is 11.5. The molecule has 6 rings (SSSR count). The number of benzene rings is 3. The minimum Gasteiger partial charge on any atom is -0.496 e. The summed E-state index contributed by atoms with van der Waals surface area (Å²) in [4.78, 5) is 44.9. The number of ether oxygens (including phenoxy) is 1. The Hall–Kier alpha value is -3.42. The van der Waals surface area contributed by atoms with E-state index in [1.165, 1.54) is 4.90 Å². The van der Waals surface area contributed by atoms with Crippen molar-refractivity contribution >= 4 is 56.9 Å². The van der Waals surface area contributed by atoms with Crippen LogP contribution in [0.5, 0.6) is 5.75 Å². The predicted molar refractivity (Wildman–Crippen MR) is 140 cm³/mol. The molecular weight excluding hydrogens is 544 g/mol. The van der Waals surface area contributed by atoms with E-state index in [9.17, 15) is 14.4 Å². The Morgan fingerprint density at radius 3 is 2.44 bits per heavy atom. The predicted octanol–water partition coefficient (Wildman–Crippen LogP) is 5.51. The second-order valence-corrected chi connectivity index (χ2v) is 10.3. The summed E-state index contributed by atoms with van der Waals surface area (Å²) in [5.74, 6) is -1.98. The molecule has 3 aromatic rings. The average Bonchev–Trinajstić information content (AvgIpc) is 3.36. The summed E-state index contributed by atoms with van der Waals surface area (Å²) in [7, 11) is 1.55. The zero-order valence-electron chi connectivity index (χ0n) is 19.1. The van der Waals surface area contributed by atoms with E-state index in [1.54, 1.807) is 49.6 Å². The number of carbonyl (C=O) groups excluding carboxylic acids is 3. The molecule has 0 unspecified atom stereocenters. The number of para-hydroxylation sites is 1. The van der Waals surface area contributed by atoms with Crippen LogP contribution in [-0.2, 0) is 9.59 Å².